The molecule has 1 fully saturated rings. The van der Waals surface area contributed by atoms with E-state index in [1.54, 1.807) is 6.20 Å². The van der Waals surface area contributed by atoms with Crippen molar-refractivity contribution in [1.29, 1.82) is 0 Å². The van der Waals surface area contributed by atoms with E-state index in [9.17, 15) is 9.59 Å². The highest BCUT2D eigenvalue weighted by Gasteiger charge is 2.15. The molecule has 1 aliphatic carbocycles. The van der Waals surface area contributed by atoms with Crippen LogP contribution in [-0.4, -0.2) is 43.0 Å². The molecule has 2 heterocycles. The minimum atomic E-state index is -0.112. The van der Waals surface area contributed by atoms with Crippen LogP contribution in [0.25, 0.3) is 0 Å². The molecule has 158 valence electrons. The van der Waals surface area contributed by atoms with Crippen molar-refractivity contribution in [2.75, 3.05) is 31.2 Å². The van der Waals surface area contributed by atoms with Gasteiger partial charge in [0.1, 0.15) is 5.82 Å². The fourth-order valence-corrected chi connectivity index (χ4v) is 4.07. The Morgan fingerprint density at radius 3 is 2.57 bits per heavy atom. The molecular weight excluding hydrogens is 378 g/mol. The number of pyridine rings is 1. The highest BCUT2D eigenvalue weighted by atomic mass is 16.5. The molecular formula is C24H29N3O3. The number of carbonyl (C=O) groups excluding carboxylic acids is 2. The van der Waals surface area contributed by atoms with E-state index >= 15 is 0 Å². The van der Waals surface area contributed by atoms with Gasteiger partial charge in [0.25, 0.3) is 0 Å². The summed E-state index contributed by atoms with van der Waals surface area (Å²) in [7, 11) is 0. The summed E-state index contributed by atoms with van der Waals surface area (Å²) in [5.74, 6) is 0.859. The lowest BCUT2D eigenvalue weighted by molar-refractivity contribution is -0.121. The molecule has 2 aromatic rings. The van der Waals surface area contributed by atoms with Crippen molar-refractivity contribution < 1.29 is 14.3 Å². The maximum atomic E-state index is 12.5. The van der Waals surface area contributed by atoms with Crippen LogP contribution in [0.5, 0.6) is 0 Å². The van der Waals surface area contributed by atoms with E-state index in [0.29, 0.717) is 6.54 Å². The van der Waals surface area contributed by atoms with Gasteiger partial charge in [-0.1, -0.05) is 18.2 Å². The summed E-state index contributed by atoms with van der Waals surface area (Å²) in [5, 5.41) is 2.89. The van der Waals surface area contributed by atoms with E-state index in [-0.39, 0.29) is 24.5 Å². The summed E-state index contributed by atoms with van der Waals surface area (Å²) in [6, 6.07) is 9.97. The number of rotatable bonds is 7. The van der Waals surface area contributed by atoms with Crippen molar-refractivity contribution >= 4 is 17.5 Å². The van der Waals surface area contributed by atoms with Gasteiger partial charge in [-0.3, -0.25) is 9.59 Å². The number of ether oxygens (including phenoxy) is 1. The van der Waals surface area contributed by atoms with Crippen molar-refractivity contribution in [3.8, 4) is 0 Å². The highest BCUT2D eigenvalue weighted by molar-refractivity contribution is 5.98. The number of amides is 1. The number of nitrogens with zero attached hydrogens (tertiary/aromatic N) is 2. The first-order chi connectivity index (χ1) is 14.7. The smallest absolute Gasteiger partial charge is 0.220 e. The van der Waals surface area contributed by atoms with Crippen LogP contribution in [0.2, 0.25) is 0 Å². The van der Waals surface area contributed by atoms with Gasteiger partial charge in [-0.15, -0.1) is 0 Å². The Bertz CT molecular complexity index is 889. The van der Waals surface area contributed by atoms with Gasteiger partial charge in [-0.25, -0.2) is 4.98 Å². The zero-order chi connectivity index (χ0) is 20.8. The van der Waals surface area contributed by atoms with Gasteiger partial charge in [0.2, 0.25) is 5.91 Å². The fourth-order valence-electron chi connectivity index (χ4n) is 4.07. The normalized spacial score (nSPS) is 16.1. The van der Waals surface area contributed by atoms with E-state index in [1.807, 2.05) is 24.3 Å². The molecule has 0 atom stereocenters. The van der Waals surface area contributed by atoms with Gasteiger partial charge in [-0.2, -0.15) is 0 Å². The molecule has 0 saturated carbocycles. The van der Waals surface area contributed by atoms with Crippen molar-refractivity contribution in [2.24, 2.45) is 0 Å². The predicted octanol–water partition coefficient (Wildman–Crippen LogP) is 3.08. The van der Waals surface area contributed by atoms with Crippen LogP contribution in [0.4, 0.5) is 5.82 Å². The largest absolute Gasteiger partial charge is 0.378 e. The molecule has 0 bridgehead atoms. The van der Waals surface area contributed by atoms with Gasteiger partial charge in [0.15, 0.2) is 5.78 Å². The molecule has 1 N–H and O–H groups in total. The Balaban J connectivity index is 1.22. The summed E-state index contributed by atoms with van der Waals surface area (Å²) in [5.41, 5.74) is 4.33. The number of anilines is 1. The van der Waals surface area contributed by atoms with Crippen molar-refractivity contribution in [3.05, 3.63) is 58.8 Å². The molecule has 0 radical (unpaired) electrons. The first-order valence-electron chi connectivity index (χ1n) is 10.9. The molecule has 1 aromatic heterocycles. The molecule has 6 nitrogen and oxygen atoms in total. The van der Waals surface area contributed by atoms with E-state index in [2.05, 4.69) is 21.3 Å². The Hall–Kier alpha value is -2.73. The van der Waals surface area contributed by atoms with Crippen molar-refractivity contribution in [1.82, 2.24) is 10.3 Å². The lowest BCUT2D eigenvalue weighted by Crippen LogP contribution is -2.36. The van der Waals surface area contributed by atoms with Gasteiger partial charge in [0.05, 0.1) is 13.2 Å². The molecule has 1 aromatic carbocycles. The minimum Gasteiger partial charge on any atom is -0.378 e. The second-order valence-electron chi connectivity index (χ2n) is 8.01. The first-order valence-corrected chi connectivity index (χ1v) is 10.9. The number of aromatic nitrogens is 1. The molecule has 2 aliphatic rings. The number of hydrogen-bond acceptors (Lipinski definition) is 5. The molecule has 0 unspecified atom stereocenters. The molecule has 0 spiro atoms. The average molecular weight is 408 g/mol. The quantitative estimate of drug-likeness (QED) is 0.714. The number of hydrogen-bond donors (Lipinski definition) is 1. The summed E-state index contributed by atoms with van der Waals surface area (Å²) in [4.78, 5) is 31.4. The van der Waals surface area contributed by atoms with E-state index < -0.39 is 0 Å². The molecule has 1 saturated heterocycles. The molecule has 1 amide bonds. The fraction of sp³-hybridized carbons (Fsp3) is 0.458. The average Bonchev–Trinajstić information content (AvgIpc) is 2.81. The number of Topliss-reactive ketones (excluding diaryl/α,β-unsaturated/α-hetero) is 1. The lowest BCUT2D eigenvalue weighted by Gasteiger charge is -2.27. The van der Waals surface area contributed by atoms with Gasteiger partial charge < -0.3 is 15.0 Å². The maximum Gasteiger partial charge on any atom is 0.220 e. The summed E-state index contributed by atoms with van der Waals surface area (Å²) < 4.78 is 5.36. The second kappa shape index (κ2) is 9.85. The number of carbonyl (C=O) groups is 2. The Kier molecular flexibility index (Phi) is 6.74. The minimum absolute atomic E-state index is 0.0371. The van der Waals surface area contributed by atoms with E-state index in [4.69, 9.17) is 4.74 Å². The summed E-state index contributed by atoms with van der Waals surface area (Å²) in [6.45, 7) is 3.57. The van der Waals surface area contributed by atoms with Crippen LogP contribution in [0, 0.1) is 0 Å². The Morgan fingerprint density at radius 1 is 1.00 bits per heavy atom. The monoisotopic (exact) mass is 407 g/mol. The van der Waals surface area contributed by atoms with Gasteiger partial charge >= 0.3 is 0 Å². The lowest BCUT2D eigenvalue weighted by atomic mass is 9.89. The highest BCUT2D eigenvalue weighted by Crippen LogP contribution is 2.23. The zero-order valence-corrected chi connectivity index (χ0v) is 17.4. The van der Waals surface area contributed by atoms with Gasteiger partial charge in [-0.05, 0) is 54.5 Å². The SMILES string of the molecule is O=C(CCC(=O)c1ccc2c(c1)CCCC2)NCc1ccc(N2CCOCC2)nc1. The molecule has 4 rings (SSSR count). The number of benzene rings is 1. The van der Waals surface area contributed by atoms with Crippen LogP contribution >= 0.6 is 0 Å². The standard InChI is InChI=1S/C24H29N3O3/c28-22(21-7-6-19-3-1-2-4-20(19)15-21)8-10-24(29)26-17-18-5-9-23(25-16-18)27-11-13-30-14-12-27/h5-7,9,15-16H,1-4,8,10-14,17H2,(H,26,29). The van der Waals surface area contributed by atoms with Crippen LogP contribution in [0.1, 0.15) is 52.7 Å². The third-order valence-electron chi connectivity index (χ3n) is 5.88. The molecule has 30 heavy (non-hydrogen) atoms. The van der Waals surface area contributed by atoms with E-state index in [1.165, 1.54) is 24.0 Å². The number of aryl methyl sites for hydroxylation is 2. The third-order valence-corrected chi connectivity index (χ3v) is 5.88. The third kappa shape index (κ3) is 5.25. The number of ketones is 1. The maximum absolute atomic E-state index is 12.5. The van der Waals surface area contributed by atoms with Crippen molar-refractivity contribution in [2.45, 2.75) is 45.1 Å². The number of fused-ring (bicyclic) bond motifs is 1. The Morgan fingerprint density at radius 2 is 1.80 bits per heavy atom. The molecule has 1 aliphatic heterocycles. The van der Waals surface area contributed by atoms with Crippen molar-refractivity contribution in [3.63, 3.8) is 0 Å². The van der Waals surface area contributed by atoms with Crippen LogP contribution < -0.4 is 10.2 Å². The zero-order valence-electron chi connectivity index (χ0n) is 17.4. The van der Waals surface area contributed by atoms with Crippen LogP contribution in [0.3, 0.4) is 0 Å². The van der Waals surface area contributed by atoms with Gasteiger partial charge in [0, 0.05) is 44.2 Å². The number of nitrogens with one attached hydrogen (secondary N) is 1. The van der Waals surface area contributed by atoms with Crippen LogP contribution in [0.15, 0.2) is 36.5 Å². The van der Waals surface area contributed by atoms with E-state index in [0.717, 1.165) is 56.1 Å². The first kappa shape index (κ1) is 20.5. The summed E-state index contributed by atoms with van der Waals surface area (Å²) >= 11 is 0. The topological polar surface area (TPSA) is 71.5 Å². The predicted molar refractivity (Wildman–Crippen MR) is 116 cm³/mol. The van der Waals surface area contributed by atoms with Crippen LogP contribution in [-0.2, 0) is 28.9 Å². The number of morpholine rings is 1. The Labute approximate surface area is 177 Å². The summed E-state index contributed by atoms with van der Waals surface area (Å²) in [6.07, 6.45) is 6.81. The molecule has 6 heteroatoms. The second-order valence-corrected chi connectivity index (χ2v) is 8.01.